The van der Waals surface area contributed by atoms with Gasteiger partial charge in [0.2, 0.25) is 0 Å². The van der Waals surface area contributed by atoms with E-state index in [0.29, 0.717) is 12.6 Å². The summed E-state index contributed by atoms with van der Waals surface area (Å²) in [5.41, 5.74) is 2.33. The van der Waals surface area contributed by atoms with Crippen molar-refractivity contribution >= 4 is 5.97 Å². The zero-order valence-electron chi connectivity index (χ0n) is 12.3. The first kappa shape index (κ1) is 13.6. The summed E-state index contributed by atoms with van der Waals surface area (Å²) < 4.78 is 0. The van der Waals surface area contributed by atoms with E-state index in [1.54, 1.807) is 0 Å². The van der Waals surface area contributed by atoms with E-state index in [2.05, 4.69) is 29.2 Å². The molecule has 1 atom stereocenters. The smallest absolute Gasteiger partial charge is 0.311 e. The summed E-state index contributed by atoms with van der Waals surface area (Å²) in [7, 11) is 0. The third kappa shape index (κ3) is 2.05. The topological polar surface area (TPSA) is 40.5 Å². The lowest BCUT2D eigenvalue weighted by Crippen LogP contribution is -2.42. The maximum absolute atomic E-state index is 11.7. The third-order valence-corrected chi connectivity index (χ3v) is 5.41. The lowest BCUT2D eigenvalue weighted by molar-refractivity contribution is -0.151. The van der Waals surface area contributed by atoms with Crippen LogP contribution in [0.25, 0.3) is 0 Å². The minimum atomic E-state index is -0.620. The van der Waals surface area contributed by atoms with Crippen LogP contribution in [0.4, 0.5) is 0 Å². The molecule has 0 bridgehead atoms. The molecule has 108 valence electrons. The van der Waals surface area contributed by atoms with Crippen LogP contribution < -0.4 is 0 Å². The average molecular weight is 273 g/mol. The molecule has 1 heterocycles. The fraction of sp³-hybridized carbons (Fsp3) is 0.588. The fourth-order valence-corrected chi connectivity index (χ4v) is 3.86. The van der Waals surface area contributed by atoms with E-state index in [9.17, 15) is 9.90 Å². The van der Waals surface area contributed by atoms with E-state index >= 15 is 0 Å². The van der Waals surface area contributed by atoms with Gasteiger partial charge in [-0.15, -0.1) is 0 Å². The summed E-state index contributed by atoms with van der Waals surface area (Å²) in [5, 5.41) is 9.64. The molecule has 1 unspecified atom stereocenters. The molecule has 0 radical (unpaired) electrons. The van der Waals surface area contributed by atoms with Crippen molar-refractivity contribution in [2.75, 3.05) is 13.1 Å². The molecule has 3 nitrogen and oxygen atoms in total. The maximum Gasteiger partial charge on any atom is 0.311 e. The predicted octanol–water partition coefficient (Wildman–Crippen LogP) is 2.59. The molecule has 0 aromatic heterocycles. The van der Waals surface area contributed by atoms with Gasteiger partial charge in [-0.2, -0.15) is 0 Å². The Labute approximate surface area is 120 Å². The van der Waals surface area contributed by atoms with Gasteiger partial charge in [-0.1, -0.05) is 38.1 Å². The van der Waals surface area contributed by atoms with Crippen LogP contribution in [0.15, 0.2) is 24.3 Å². The molecule has 1 fully saturated rings. The highest BCUT2D eigenvalue weighted by Crippen LogP contribution is 2.40. The standard InChI is InChI=1S/C17H23NO2/c1-12(2)17(16(19)20)7-8-18(11-17)15-9-13-5-3-4-6-14(13)10-15/h3-6,12,15H,7-11H2,1-2H3,(H,19,20). The third-order valence-electron chi connectivity index (χ3n) is 5.41. The lowest BCUT2D eigenvalue weighted by Gasteiger charge is -2.30. The van der Waals surface area contributed by atoms with Gasteiger partial charge < -0.3 is 5.11 Å². The first-order chi connectivity index (χ1) is 9.53. The van der Waals surface area contributed by atoms with Crippen molar-refractivity contribution in [2.24, 2.45) is 11.3 Å². The van der Waals surface area contributed by atoms with Crippen molar-refractivity contribution in [1.29, 1.82) is 0 Å². The summed E-state index contributed by atoms with van der Waals surface area (Å²) in [4.78, 5) is 14.1. The van der Waals surface area contributed by atoms with E-state index in [4.69, 9.17) is 0 Å². The molecule has 20 heavy (non-hydrogen) atoms. The van der Waals surface area contributed by atoms with Gasteiger partial charge in [-0.05, 0) is 42.9 Å². The van der Waals surface area contributed by atoms with Crippen LogP contribution in [0, 0.1) is 11.3 Å². The number of carboxylic acid groups (broad SMARTS) is 1. The van der Waals surface area contributed by atoms with Crippen LogP contribution in [0.2, 0.25) is 0 Å². The molecule has 1 saturated heterocycles. The SMILES string of the molecule is CC(C)C1(C(=O)O)CCN(C2Cc3ccccc3C2)C1. The first-order valence-corrected chi connectivity index (χ1v) is 7.57. The summed E-state index contributed by atoms with van der Waals surface area (Å²) in [6, 6.07) is 9.10. The Hall–Kier alpha value is -1.35. The van der Waals surface area contributed by atoms with Crippen molar-refractivity contribution in [3.8, 4) is 0 Å². The molecular weight excluding hydrogens is 250 g/mol. The Morgan fingerprint density at radius 3 is 2.35 bits per heavy atom. The molecular formula is C17H23NO2. The molecule has 1 aromatic carbocycles. The Kier molecular flexibility index (Phi) is 3.33. The van der Waals surface area contributed by atoms with Gasteiger partial charge in [0, 0.05) is 12.6 Å². The second-order valence-electron chi connectivity index (χ2n) is 6.67. The monoisotopic (exact) mass is 273 g/mol. The van der Waals surface area contributed by atoms with E-state index in [1.807, 2.05) is 13.8 Å². The van der Waals surface area contributed by atoms with Crippen molar-refractivity contribution < 1.29 is 9.90 Å². The van der Waals surface area contributed by atoms with Crippen LogP contribution in [-0.2, 0) is 17.6 Å². The second-order valence-corrected chi connectivity index (χ2v) is 6.67. The maximum atomic E-state index is 11.7. The quantitative estimate of drug-likeness (QED) is 0.920. The van der Waals surface area contributed by atoms with E-state index in [-0.39, 0.29) is 5.92 Å². The highest BCUT2D eigenvalue weighted by Gasteiger charge is 2.48. The second kappa shape index (κ2) is 4.88. The van der Waals surface area contributed by atoms with Crippen LogP contribution in [-0.4, -0.2) is 35.1 Å². The summed E-state index contributed by atoms with van der Waals surface area (Å²) >= 11 is 0. The molecule has 0 spiro atoms. The number of aliphatic carboxylic acids is 1. The fourth-order valence-electron chi connectivity index (χ4n) is 3.86. The molecule has 2 aliphatic rings. The number of hydrogen-bond donors (Lipinski definition) is 1. The van der Waals surface area contributed by atoms with E-state index < -0.39 is 11.4 Å². The van der Waals surface area contributed by atoms with Crippen LogP contribution >= 0.6 is 0 Å². The summed E-state index contributed by atoms with van der Waals surface area (Å²) in [6.07, 6.45) is 2.93. The lowest BCUT2D eigenvalue weighted by atomic mass is 9.76. The Bertz CT molecular complexity index is 500. The normalized spacial score (nSPS) is 27.1. The van der Waals surface area contributed by atoms with Crippen molar-refractivity contribution in [1.82, 2.24) is 4.90 Å². The van der Waals surface area contributed by atoms with Gasteiger partial charge in [0.25, 0.3) is 0 Å². The summed E-state index contributed by atoms with van der Waals surface area (Å²) in [5.74, 6) is -0.431. The Morgan fingerprint density at radius 1 is 1.30 bits per heavy atom. The average Bonchev–Trinajstić information content (AvgIpc) is 3.03. The molecule has 1 aromatic rings. The number of rotatable bonds is 3. The highest BCUT2D eigenvalue weighted by atomic mass is 16.4. The van der Waals surface area contributed by atoms with Crippen molar-refractivity contribution in [3.05, 3.63) is 35.4 Å². The zero-order chi connectivity index (χ0) is 14.3. The number of benzene rings is 1. The van der Waals surface area contributed by atoms with Crippen molar-refractivity contribution in [2.45, 2.75) is 39.2 Å². The predicted molar refractivity (Wildman–Crippen MR) is 78.7 cm³/mol. The first-order valence-electron chi connectivity index (χ1n) is 7.57. The highest BCUT2D eigenvalue weighted by molar-refractivity contribution is 5.75. The number of fused-ring (bicyclic) bond motifs is 1. The number of nitrogens with zero attached hydrogens (tertiary/aromatic N) is 1. The Morgan fingerprint density at radius 2 is 1.90 bits per heavy atom. The molecule has 1 aliphatic heterocycles. The number of likely N-dealkylation sites (tertiary alicyclic amines) is 1. The molecule has 0 saturated carbocycles. The van der Waals surface area contributed by atoms with Gasteiger partial charge in [-0.25, -0.2) is 0 Å². The largest absolute Gasteiger partial charge is 0.481 e. The van der Waals surface area contributed by atoms with Crippen LogP contribution in [0.3, 0.4) is 0 Å². The van der Waals surface area contributed by atoms with Gasteiger partial charge in [0.1, 0.15) is 0 Å². The van der Waals surface area contributed by atoms with Crippen molar-refractivity contribution in [3.63, 3.8) is 0 Å². The van der Waals surface area contributed by atoms with Gasteiger partial charge in [0.05, 0.1) is 5.41 Å². The molecule has 1 N–H and O–H groups in total. The molecule has 3 rings (SSSR count). The zero-order valence-corrected chi connectivity index (χ0v) is 12.3. The van der Waals surface area contributed by atoms with Crippen LogP contribution in [0.5, 0.6) is 0 Å². The minimum absolute atomic E-state index is 0.189. The Balaban J connectivity index is 1.75. The number of hydrogen-bond acceptors (Lipinski definition) is 2. The number of carbonyl (C=O) groups is 1. The number of carboxylic acids is 1. The van der Waals surface area contributed by atoms with Gasteiger partial charge in [-0.3, -0.25) is 9.69 Å². The summed E-state index contributed by atoms with van der Waals surface area (Å²) in [6.45, 7) is 5.71. The molecule has 3 heteroatoms. The molecule has 1 aliphatic carbocycles. The minimum Gasteiger partial charge on any atom is -0.481 e. The van der Waals surface area contributed by atoms with Gasteiger partial charge >= 0.3 is 5.97 Å². The molecule has 0 amide bonds. The van der Waals surface area contributed by atoms with Crippen LogP contribution in [0.1, 0.15) is 31.4 Å². The van der Waals surface area contributed by atoms with E-state index in [0.717, 1.165) is 25.8 Å². The van der Waals surface area contributed by atoms with Gasteiger partial charge in [0.15, 0.2) is 0 Å². The van der Waals surface area contributed by atoms with E-state index in [1.165, 1.54) is 11.1 Å².